The van der Waals surface area contributed by atoms with E-state index < -0.39 is 20.0 Å². The van der Waals surface area contributed by atoms with Crippen LogP contribution in [0.3, 0.4) is 0 Å². The number of fused-ring (bicyclic) bond motifs is 1. The van der Waals surface area contributed by atoms with E-state index >= 15 is 0 Å². The van der Waals surface area contributed by atoms with Crippen molar-refractivity contribution in [2.45, 2.75) is 16.3 Å². The number of rotatable bonds is 10. The van der Waals surface area contributed by atoms with Gasteiger partial charge in [-0.3, -0.25) is 9.36 Å². The molecule has 0 aliphatic carbocycles. The maximum Gasteiger partial charge on any atom is 0.308 e. The zero-order valence-electron chi connectivity index (χ0n) is 19.6. The average Bonchev–Trinajstić information content (AvgIpc) is 3.17. The van der Waals surface area contributed by atoms with Crippen molar-refractivity contribution in [1.82, 2.24) is 13.6 Å². The molecule has 0 aliphatic heterocycles. The molecule has 190 valence electrons. The van der Waals surface area contributed by atoms with E-state index in [1.54, 1.807) is 10.6 Å². The van der Waals surface area contributed by atoms with E-state index in [9.17, 15) is 21.6 Å². The molecule has 1 heterocycles. The molecule has 0 saturated heterocycles. The van der Waals surface area contributed by atoms with Crippen molar-refractivity contribution >= 4 is 41.6 Å². The highest BCUT2D eigenvalue weighted by molar-refractivity contribution is 7.89. The Hall–Kier alpha value is -3.03. The highest BCUT2D eigenvalue weighted by Crippen LogP contribution is 2.23. The van der Waals surface area contributed by atoms with Gasteiger partial charge in [0.05, 0.1) is 26.6 Å². The third kappa shape index (κ3) is 5.68. The van der Waals surface area contributed by atoms with E-state index in [2.05, 4.69) is 4.72 Å². The molecule has 0 aliphatic rings. The van der Waals surface area contributed by atoms with E-state index in [1.165, 1.54) is 50.5 Å². The van der Waals surface area contributed by atoms with Crippen molar-refractivity contribution in [3.05, 3.63) is 88.0 Å². The number of hydrogen-bond donors (Lipinski definition) is 1. The second-order valence-electron chi connectivity index (χ2n) is 8.07. The minimum atomic E-state index is -3.82. The lowest BCUT2D eigenvalue weighted by molar-refractivity contribution is 0.322. The summed E-state index contributed by atoms with van der Waals surface area (Å²) in [6, 6.07) is 20.1. The molecular formula is C24H25N3O6S3. The summed E-state index contributed by atoms with van der Waals surface area (Å²) in [7, 11) is -4.46. The van der Waals surface area contributed by atoms with Gasteiger partial charge in [0.15, 0.2) is 0 Å². The summed E-state index contributed by atoms with van der Waals surface area (Å²) in [5.41, 5.74) is 1.66. The fraction of sp³-hybridized carbons (Fsp3) is 0.208. The topological polar surface area (TPSA) is 115 Å². The number of benzene rings is 3. The molecule has 3 aromatic carbocycles. The highest BCUT2D eigenvalue weighted by atomic mass is 32.2. The number of aromatic nitrogens is 1. The molecule has 9 nitrogen and oxygen atoms in total. The molecular weight excluding hydrogens is 522 g/mol. The Balaban J connectivity index is 1.39. The number of thiazole rings is 1. The van der Waals surface area contributed by atoms with Crippen LogP contribution < -0.4 is 14.3 Å². The molecule has 0 spiro atoms. The molecule has 0 bridgehead atoms. The molecule has 12 heteroatoms. The van der Waals surface area contributed by atoms with Crippen molar-refractivity contribution in [3.8, 4) is 5.75 Å². The summed E-state index contributed by atoms with van der Waals surface area (Å²) >= 11 is 1.00. The van der Waals surface area contributed by atoms with E-state index in [4.69, 9.17) is 4.74 Å². The van der Waals surface area contributed by atoms with Gasteiger partial charge in [0, 0.05) is 20.6 Å². The molecule has 0 saturated carbocycles. The van der Waals surface area contributed by atoms with E-state index in [0.717, 1.165) is 21.2 Å². The normalized spacial score (nSPS) is 12.3. The third-order valence-corrected chi connectivity index (χ3v) is 9.63. The van der Waals surface area contributed by atoms with Gasteiger partial charge < -0.3 is 4.74 Å². The van der Waals surface area contributed by atoms with Crippen LogP contribution in [0, 0.1) is 0 Å². The second kappa shape index (κ2) is 10.5. The first-order chi connectivity index (χ1) is 17.1. The van der Waals surface area contributed by atoms with Gasteiger partial charge in [-0.2, -0.15) is 0 Å². The largest absolute Gasteiger partial charge is 0.492 e. The molecule has 0 atom stereocenters. The van der Waals surface area contributed by atoms with Crippen LogP contribution in [0.15, 0.2) is 87.4 Å². The summed E-state index contributed by atoms with van der Waals surface area (Å²) in [6.45, 7) is 0.453. The minimum absolute atomic E-state index is 0.00334. The maximum absolute atomic E-state index is 12.8. The van der Waals surface area contributed by atoms with E-state index in [1.807, 2.05) is 30.3 Å². The lowest BCUT2D eigenvalue weighted by Crippen LogP contribution is -2.28. The number of sulfonamides is 2. The first-order valence-electron chi connectivity index (χ1n) is 10.9. The molecule has 0 unspecified atom stereocenters. The Morgan fingerprint density at radius 1 is 0.917 bits per heavy atom. The molecule has 36 heavy (non-hydrogen) atoms. The minimum Gasteiger partial charge on any atom is -0.492 e. The predicted molar refractivity (Wildman–Crippen MR) is 140 cm³/mol. The fourth-order valence-corrected chi connectivity index (χ4v) is 6.42. The van der Waals surface area contributed by atoms with Gasteiger partial charge in [0.2, 0.25) is 20.0 Å². The molecule has 1 aromatic heterocycles. The summed E-state index contributed by atoms with van der Waals surface area (Å²) in [4.78, 5) is 12.6. The quantitative estimate of drug-likeness (QED) is 0.305. The SMILES string of the molecule is CN(C)S(=O)(=O)c1ccc(OCCNS(=O)(=O)c2ccc3c(c2)sc(=O)n3Cc2ccccc2)cc1. The number of nitrogens with one attached hydrogen (secondary N) is 1. The lowest BCUT2D eigenvalue weighted by Gasteiger charge is -2.12. The van der Waals surface area contributed by atoms with Crippen molar-refractivity contribution in [2.75, 3.05) is 27.2 Å². The monoisotopic (exact) mass is 547 g/mol. The Morgan fingerprint density at radius 3 is 2.25 bits per heavy atom. The molecule has 0 fully saturated rings. The Labute approximate surface area is 213 Å². The van der Waals surface area contributed by atoms with Crippen LogP contribution in [0.25, 0.3) is 10.2 Å². The highest BCUT2D eigenvalue weighted by Gasteiger charge is 2.18. The van der Waals surface area contributed by atoms with E-state index in [-0.39, 0.29) is 27.8 Å². The molecule has 0 radical (unpaired) electrons. The number of nitrogens with zero attached hydrogens (tertiary/aromatic N) is 2. The van der Waals surface area contributed by atoms with Gasteiger partial charge >= 0.3 is 4.87 Å². The van der Waals surface area contributed by atoms with Crippen LogP contribution >= 0.6 is 11.3 Å². The predicted octanol–water partition coefficient (Wildman–Crippen LogP) is 2.72. The van der Waals surface area contributed by atoms with Crippen LogP contribution in [-0.2, 0) is 26.6 Å². The standard InChI is InChI=1S/C24H25N3O6S3/c1-26(2)36(31,32)20-10-8-19(9-11-20)33-15-14-25-35(29,30)21-12-13-22-23(16-21)34-24(28)27(22)17-18-6-4-3-5-7-18/h3-13,16,25H,14-15,17H2,1-2H3. The zero-order valence-corrected chi connectivity index (χ0v) is 22.1. The Kier molecular flexibility index (Phi) is 7.62. The first-order valence-corrected chi connectivity index (χ1v) is 14.6. The lowest BCUT2D eigenvalue weighted by atomic mass is 10.2. The first kappa shape index (κ1) is 26.0. The number of hydrogen-bond acceptors (Lipinski definition) is 7. The van der Waals surface area contributed by atoms with Crippen LogP contribution in [0.5, 0.6) is 5.75 Å². The molecule has 4 rings (SSSR count). The van der Waals surface area contributed by atoms with Gasteiger partial charge in [-0.15, -0.1) is 0 Å². The summed E-state index contributed by atoms with van der Waals surface area (Å²) in [5.74, 6) is 0.415. The van der Waals surface area contributed by atoms with Crippen LogP contribution in [-0.4, -0.2) is 53.0 Å². The number of ether oxygens (including phenoxy) is 1. The summed E-state index contributed by atoms with van der Waals surface area (Å²) in [6.07, 6.45) is 0. The van der Waals surface area contributed by atoms with Crippen LogP contribution in [0.2, 0.25) is 0 Å². The average molecular weight is 548 g/mol. The van der Waals surface area contributed by atoms with E-state index in [0.29, 0.717) is 22.5 Å². The van der Waals surface area contributed by atoms with Gasteiger partial charge in [-0.25, -0.2) is 25.9 Å². The third-order valence-electron chi connectivity index (χ3n) is 5.40. The Bertz CT molecular complexity index is 1630. The second-order valence-corrected chi connectivity index (χ2v) is 13.0. The maximum atomic E-state index is 12.8. The molecule has 0 amide bonds. The van der Waals surface area contributed by atoms with Gasteiger partial charge in [0.1, 0.15) is 12.4 Å². The van der Waals surface area contributed by atoms with Crippen molar-refractivity contribution in [2.24, 2.45) is 0 Å². The van der Waals surface area contributed by atoms with Gasteiger partial charge in [0.25, 0.3) is 0 Å². The van der Waals surface area contributed by atoms with Gasteiger partial charge in [-0.05, 0) is 48.0 Å². The summed E-state index contributed by atoms with van der Waals surface area (Å²) in [5, 5.41) is 0. The molecule has 4 aromatic rings. The van der Waals surface area contributed by atoms with Gasteiger partial charge in [-0.1, -0.05) is 41.7 Å². The fourth-order valence-electron chi connectivity index (χ4n) is 3.48. The molecule has 1 N–H and O–H groups in total. The Morgan fingerprint density at radius 2 is 1.58 bits per heavy atom. The van der Waals surface area contributed by atoms with Crippen molar-refractivity contribution in [3.63, 3.8) is 0 Å². The zero-order chi connectivity index (χ0) is 25.9. The van der Waals surface area contributed by atoms with Crippen LogP contribution in [0.4, 0.5) is 0 Å². The summed E-state index contributed by atoms with van der Waals surface area (Å²) < 4.78 is 61.1. The smallest absolute Gasteiger partial charge is 0.308 e. The van der Waals surface area contributed by atoms with Crippen LogP contribution in [0.1, 0.15) is 5.56 Å². The van der Waals surface area contributed by atoms with Crippen molar-refractivity contribution in [1.29, 1.82) is 0 Å². The van der Waals surface area contributed by atoms with Crippen molar-refractivity contribution < 1.29 is 21.6 Å².